The van der Waals surface area contributed by atoms with E-state index in [1.165, 1.54) is 11.1 Å². The van der Waals surface area contributed by atoms with Gasteiger partial charge in [0.2, 0.25) is 0 Å². The van der Waals surface area contributed by atoms with E-state index in [1.54, 1.807) is 6.07 Å². The van der Waals surface area contributed by atoms with Crippen molar-refractivity contribution < 1.29 is 0 Å². The van der Waals surface area contributed by atoms with Gasteiger partial charge in [-0.05, 0) is 35.1 Å². The summed E-state index contributed by atoms with van der Waals surface area (Å²) in [5, 5.41) is 11.8. The Morgan fingerprint density at radius 1 is 0.900 bits per heavy atom. The Hall–Kier alpha value is -1.61. The van der Waals surface area contributed by atoms with Crippen LogP contribution < -0.4 is 5.32 Å². The zero-order chi connectivity index (χ0) is 14.7. The molecule has 0 atom stereocenters. The number of halogens is 1. The molecule has 0 saturated heterocycles. The summed E-state index contributed by atoms with van der Waals surface area (Å²) in [7, 11) is 0. The summed E-state index contributed by atoms with van der Waals surface area (Å²) in [6, 6.07) is 10.0. The Balaban J connectivity index is 2.44. The van der Waals surface area contributed by atoms with E-state index >= 15 is 0 Å². The minimum absolute atomic E-state index is 0.400. The summed E-state index contributed by atoms with van der Waals surface area (Å²) in [5.41, 5.74) is 3.70. The first-order chi connectivity index (χ1) is 9.49. The van der Waals surface area contributed by atoms with E-state index in [2.05, 4.69) is 61.4 Å². The van der Waals surface area contributed by atoms with Crippen LogP contribution in [-0.4, -0.2) is 10.2 Å². The molecule has 0 bridgehead atoms. The van der Waals surface area contributed by atoms with Gasteiger partial charge in [0.05, 0.1) is 0 Å². The zero-order valence-electron chi connectivity index (χ0n) is 12.3. The maximum absolute atomic E-state index is 5.78. The molecule has 0 saturated carbocycles. The van der Waals surface area contributed by atoms with Gasteiger partial charge in [0.25, 0.3) is 0 Å². The lowest BCUT2D eigenvalue weighted by Gasteiger charge is -2.20. The van der Waals surface area contributed by atoms with Crippen LogP contribution in [0.25, 0.3) is 0 Å². The van der Waals surface area contributed by atoms with Crippen molar-refractivity contribution >= 4 is 23.1 Å². The highest BCUT2D eigenvalue weighted by molar-refractivity contribution is 6.29. The van der Waals surface area contributed by atoms with Gasteiger partial charge in [0.15, 0.2) is 11.0 Å². The number of benzene rings is 1. The lowest BCUT2D eigenvalue weighted by atomic mass is 9.92. The van der Waals surface area contributed by atoms with Crippen LogP contribution in [0.15, 0.2) is 30.3 Å². The normalized spacial score (nSPS) is 11.2. The van der Waals surface area contributed by atoms with E-state index < -0.39 is 0 Å². The molecule has 0 fully saturated rings. The van der Waals surface area contributed by atoms with E-state index in [0.717, 1.165) is 5.69 Å². The molecule has 0 amide bonds. The van der Waals surface area contributed by atoms with Gasteiger partial charge in [-0.3, -0.25) is 0 Å². The highest BCUT2D eigenvalue weighted by Crippen LogP contribution is 2.33. The molecule has 1 aromatic heterocycles. The molecule has 0 aliphatic heterocycles. The van der Waals surface area contributed by atoms with Crippen LogP contribution >= 0.6 is 11.6 Å². The van der Waals surface area contributed by atoms with Gasteiger partial charge in [-0.1, -0.05) is 57.5 Å². The number of hydrogen-bond donors (Lipinski definition) is 1. The van der Waals surface area contributed by atoms with Crippen molar-refractivity contribution in [3.8, 4) is 0 Å². The summed E-state index contributed by atoms with van der Waals surface area (Å²) in [6.45, 7) is 8.77. The Morgan fingerprint density at radius 2 is 1.50 bits per heavy atom. The number of nitrogens with zero attached hydrogens (tertiary/aromatic N) is 2. The minimum atomic E-state index is 0.400. The van der Waals surface area contributed by atoms with Gasteiger partial charge in [-0.15, -0.1) is 10.2 Å². The first-order valence-corrected chi connectivity index (χ1v) is 7.26. The maximum atomic E-state index is 5.78. The molecule has 2 rings (SSSR count). The molecule has 20 heavy (non-hydrogen) atoms. The molecule has 0 radical (unpaired) electrons. The predicted octanol–water partition coefficient (Wildman–Crippen LogP) is 5.12. The highest BCUT2D eigenvalue weighted by Gasteiger charge is 2.14. The van der Waals surface area contributed by atoms with E-state index in [9.17, 15) is 0 Å². The fraction of sp³-hybridized carbons (Fsp3) is 0.375. The molecule has 0 spiro atoms. The van der Waals surface area contributed by atoms with Gasteiger partial charge < -0.3 is 5.32 Å². The third-order valence-electron chi connectivity index (χ3n) is 3.26. The fourth-order valence-electron chi connectivity index (χ4n) is 2.21. The van der Waals surface area contributed by atoms with E-state index in [-0.39, 0.29) is 0 Å². The molecule has 0 aliphatic rings. The van der Waals surface area contributed by atoms with Gasteiger partial charge >= 0.3 is 0 Å². The maximum Gasteiger partial charge on any atom is 0.153 e. The molecule has 1 heterocycles. The summed E-state index contributed by atoms with van der Waals surface area (Å²) in [6.07, 6.45) is 0. The number of para-hydroxylation sites is 1. The van der Waals surface area contributed by atoms with Crippen LogP contribution in [-0.2, 0) is 0 Å². The quantitative estimate of drug-likeness (QED) is 0.849. The predicted molar refractivity (Wildman–Crippen MR) is 84.9 cm³/mol. The SMILES string of the molecule is CC(C)c1cccc(C(C)C)c1Nc1ccc(Cl)nn1. The van der Waals surface area contributed by atoms with Crippen molar-refractivity contribution in [2.75, 3.05) is 5.32 Å². The van der Waals surface area contributed by atoms with Gasteiger partial charge in [0.1, 0.15) is 0 Å². The lowest BCUT2D eigenvalue weighted by molar-refractivity contribution is 0.837. The van der Waals surface area contributed by atoms with Crippen molar-refractivity contribution in [1.82, 2.24) is 10.2 Å². The molecule has 1 N–H and O–H groups in total. The van der Waals surface area contributed by atoms with Crippen LogP contribution in [0.3, 0.4) is 0 Å². The second-order valence-electron chi connectivity index (χ2n) is 5.49. The number of aromatic nitrogens is 2. The summed E-state index contributed by atoms with van der Waals surface area (Å²) < 4.78 is 0. The second kappa shape index (κ2) is 6.23. The van der Waals surface area contributed by atoms with Crippen molar-refractivity contribution in [2.45, 2.75) is 39.5 Å². The van der Waals surface area contributed by atoms with Crippen LogP contribution in [0, 0.1) is 0 Å². The number of nitrogens with one attached hydrogen (secondary N) is 1. The molecule has 106 valence electrons. The molecule has 3 nitrogen and oxygen atoms in total. The topological polar surface area (TPSA) is 37.8 Å². The third kappa shape index (κ3) is 3.28. The van der Waals surface area contributed by atoms with Crippen molar-refractivity contribution in [2.24, 2.45) is 0 Å². The summed E-state index contributed by atoms with van der Waals surface area (Å²) in [4.78, 5) is 0. The van der Waals surface area contributed by atoms with Crippen LogP contribution in [0.5, 0.6) is 0 Å². The Kier molecular flexibility index (Phi) is 4.61. The molecular weight excluding hydrogens is 270 g/mol. The average Bonchev–Trinajstić information content (AvgIpc) is 2.41. The lowest BCUT2D eigenvalue weighted by Crippen LogP contribution is -2.05. The van der Waals surface area contributed by atoms with Crippen LogP contribution in [0.2, 0.25) is 5.15 Å². The Labute approximate surface area is 125 Å². The average molecular weight is 290 g/mol. The van der Waals surface area contributed by atoms with Crippen molar-refractivity contribution in [3.05, 3.63) is 46.6 Å². The first kappa shape index (κ1) is 14.8. The second-order valence-corrected chi connectivity index (χ2v) is 5.87. The number of hydrogen-bond acceptors (Lipinski definition) is 3. The highest BCUT2D eigenvalue weighted by atomic mass is 35.5. The minimum Gasteiger partial charge on any atom is -0.338 e. The Morgan fingerprint density at radius 3 is 1.95 bits per heavy atom. The van der Waals surface area contributed by atoms with Crippen molar-refractivity contribution in [3.63, 3.8) is 0 Å². The number of anilines is 2. The van der Waals surface area contributed by atoms with E-state index in [0.29, 0.717) is 22.8 Å². The molecular formula is C16H20ClN3. The molecule has 2 aromatic rings. The first-order valence-electron chi connectivity index (χ1n) is 6.88. The largest absolute Gasteiger partial charge is 0.338 e. The van der Waals surface area contributed by atoms with Gasteiger partial charge in [0, 0.05) is 5.69 Å². The van der Waals surface area contributed by atoms with E-state index in [4.69, 9.17) is 11.6 Å². The van der Waals surface area contributed by atoms with Crippen LogP contribution in [0.1, 0.15) is 50.7 Å². The smallest absolute Gasteiger partial charge is 0.153 e. The van der Waals surface area contributed by atoms with Crippen molar-refractivity contribution in [1.29, 1.82) is 0 Å². The van der Waals surface area contributed by atoms with Crippen LogP contribution in [0.4, 0.5) is 11.5 Å². The molecule has 4 heteroatoms. The van der Waals surface area contributed by atoms with Gasteiger partial charge in [-0.25, -0.2) is 0 Å². The Bertz CT molecular complexity index is 551. The summed E-state index contributed by atoms with van der Waals surface area (Å²) in [5.74, 6) is 1.59. The van der Waals surface area contributed by atoms with E-state index in [1.807, 2.05) is 6.07 Å². The zero-order valence-corrected chi connectivity index (χ0v) is 13.1. The summed E-state index contributed by atoms with van der Waals surface area (Å²) >= 11 is 5.78. The fourth-order valence-corrected chi connectivity index (χ4v) is 2.31. The molecule has 1 aromatic carbocycles. The van der Waals surface area contributed by atoms with Gasteiger partial charge in [-0.2, -0.15) is 0 Å². The molecule has 0 unspecified atom stereocenters. The monoisotopic (exact) mass is 289 g/mol. The third-order valence-corrected chi connectivity index (χ3v) is 3.46. The number of rotatable bonds is 4. The standard InChI is InChI=1S/C16H20ClN3/c1-10(2)12-6-5-7-13(11(3)4)16(12)18-15-9-8-14(17)19-20-15/h5-11H,1-4H3,(H,18,20). The molecule has 0 aliphatic carbocycles.